The van der Waals surface area contributed by atoms with E-state index in [1.807, 2.05) is 0 Å². The van der Waals surface area contributed by atoms with Crippen LogP contribution in [0.1, 0.15) is 40.5 Å². The maximum atomic E-state index is 12.5. The van der Waals surface area contributed by atoms with Crippen LogP contribution in [-0.2, 0) is 0 Å². The Morgan fingerprint density at radius 3 is 2.00 bits per heavy atom. The summed E-state index contributed by atoms with van der Waals surface area (Å²) in [5.41, 5.74) is 0.978. The Morgan fingerprint density at radius 2 is 1.60 bits per heavy atom. The summed E-state index contributed by atoms with van der Waals surface area (Å²) >= 11 is 0. The van der Waals surface area contributed by atoms with Crippen molar-refractivity contribution in [1.82, 2.24) is 0 Å². The highest BCUT2D eigenvalue weighted by atomic mass is 19.1. The van der Waals surface area contributed by atoms with Gasteiger partial charge in [-0.3, -0.25) is 0 Å². The van der Waals surface area contributed by atoms with Gasteiger partial charge in [0.25, 0.3) is 0 Å². The largest absolute Gasteiger partial charge is 0.383 e. The Labute approximate surface area is 92.7 Å². The molecule has 1 aromatic carbocycles. The van der Waals surface area contributed by atoms with Crippen LogP contribution in [0.4, 0.5) is 10.1 Å². The van der Waals surface area contributed by atoms with Crippen molar-refractivity contribution in [2.24, 2.45) is 0 Å². The normalized spacial score (nSPS) is 11.3. The van der Waals surface area contributed by atoms with Crippen LogP contribution in [0.3, 0.4) is 0 Å². The van der Waals surface area contributed by atoms with Crippen molar-refractivity contribution < 1.29 is 4.39 Å². The van der Waals surface area contributed by atoms with E-state index in [4.69, 9.17) is 0 Å². The van der Waals surface area contributed by atoms with Crippen LogP contribution in [0.5, 0.6) is 0 Å². The van der Waals surface area contributed by atoms with Gasteiger partial charge in [-0.15, -0.1) is 0 Å². The lowest BCUT2D eigenvalue weighted by molar-refractivity contribution is 0.627. The minimum absolute atomic E-state index is 0.190. The number of benzene rings is 1. The zero-order chi connectivity index (χ0) is 11.7. The first-order valence-corrected chi connectivity index (χ1v) is 5.66. The second-order valence-corrected chi connectivity index (χ2v) is 3.67. The van der Waals surface area contributed by atoms with Crippen LogP contribution in [-0.4, -0.2) is 6.04 Å². The van der Waals surface area contributed by atoms with Crippen molar-refractivity contribution in [3.63, 3.8) is 0 Å². The summed E-state index contributed by atoms with van der Waals surface area (Å²) in [4.78, 5) is 0. The van der Waals surface area contributed by atoms with Crippen molar-refractivity contribution in [2.75, 3.05) is 5.32 Å². The molecule has 0 aliphatic heterocycles. The highest BCUT2D eigenvalue weighted by Gasteiger charge is 1.97. The lowest BCUT2D eigenvalue weighted by Crippen LogP contribution is -2.12. The molecule has 1 aromatic rings. The predicted octanol–water partition coefficient (Wildman–Crippen LogP) is 4.45. The van der Waals surface area contributed by atoms with Gasteiger partial charge in [-0.05, 0) is 37.6 Å². The molecule has 0 bridgehead atoms. The second kappa shape index (κ2) is 8.27. The molecule has 1 nitrogen and oxygen atoms in total. The average molecular weight is 211 g/mol. The lowest BCUT2D eigenvalue weighted by Gasteiger charge is -2.12. The molecule has 0 aliphatic rings. The minimum Gasteiger partial charge on any atom is -0.383 e. The molecule has 0 amide bonds. The van der Waals surface area contributed by atoms with Crippen LogP contribution in [0, 0.1) is 5.82 Å². The third-order valence-electron chi connectivity index (χ3n) is 1.87. The standard InChI is InChI=1S/C10H14FN.C3H8/c1-3-8(2)12-10-6-4-9(11)5-7-10;1-3-2/h4-8,12H,3H2,1-2H3;3H2,1-2H3. The molecule has 0 radical (unpaired) electrons. The van der Waals surface area contributed by atoms with Gasteiger partial charge in [-0.25, -0.2) is 4.39 Å². The second-order valence-electron chi connectivity index (χ2n) is 3.67. The molecule has 2 heteroatoms. The number of hydrogen-bond acceptors (Lipinski definition) is 1. The van der Waals surface area contributed by atoms with E-state index >= 15 is 0 Å². The molecule has 0 fully saturated rings. The van der Waals surface area contributed by atoms with Gasteiger partial charge in [-0.1, -0.05) is 27.2 Å². The van der Waals surface area contributed by atoms with Gasteiger partial charge < -0.3 is 5.32 Å². The summed E-state index contributed by atoms with van der Waals surface area (Å²) in [6.07, 6.45) is 2.32. The van der Waals surface area contributed by atoms with Crippen LogP contribution < -0.4 is 5.32 Å². The van der Waals surface area contributed by atoms with E-state index in [-0.39, 0.29) is 5.82 Å². The zero-order valence-electron chi connectivity index (χ0n) is 10.2. The van der Waals surface area contributed by atoms with E-state index in [9.17, 15) is 4.39 Å². The highest BCUT2D eigenvalue weighted by molar-refractivity contribution is 5.43. The fourth-order valence-corrected chi connectivity index (χ4v) is 0.933. The Balaban J connectivity index is 0.000000583. The molecule has 1 unspecified atom stereocenters. The monoisotopic (exact) mass is 211 g/mol. The molecular weight excluding hydrogens is 189 g/mol. The maximum absolute atomic E-state index is 12.5. The van der Waals surface area contributed by atoms with E-state index in [1.165, 1.54) is 18.6 Å². The van der Waals surface area contributed by atoms with E-state index in [1.54, 1.807) is 12.1 Å². The number of hydrogen-bond donors (Lipinski definition) is 1. The summed E-state index contributed by atoms with van der Waals surface area (Å²) in [5.74, 6) is -0.190. The van der Waals surface area contributed by atoms with Crippen molar-refractivity contribution in [1.29, 1.82) is 0 Å². The number of nitrogens with one attached hydrogen (secondary N) is 1. The molecule has 1 atom stereocenters. The molecule has 0 aliphatic carbocycles. The summed E-state index contributed by atoms with van der Waals surface area (Å²) in [6, 6.07) is 6.87. The first kappa shape index (κ1) is 13.9. The van der Waals surface area contributed by atoms with E-state index in [2.05, 4.69) is 33.0 Å². The molecule has 0 aromatic heterocycles. The van der Waals surface area contributed by atoms with Gasteiger partial charge in [-0.2, -0.15) is 0 Å². The van der Waals surface area contributed by atoms with Crippen LogP contribution in [0.25, 0.3) is 0 Å². The summed E-state index contributed by atoms with van der Waals surface area (Å²) in [5, 5.41) is 3.25. The van der Waals surface area contributed by atoms with Crippen molar-refractivity contribution >= 4 is 5.69 Å². The van der Waals surface area contributed by atoms with Gasteiger partial charge in [0.2, 0.25) is 0 Å². The Morgan fingerprint density at radius 1 is 1.13 bits per heavy atom. The number of rotatable bonds is 3. The first-order valence-electron chi connectivity index (χ1n) is 5.66. The molecule has 1 N–H and O–H groups in total. The van der Waals surface area contributed by atoms with Gasteiger partial charge in [0, 0.05) is 11.7 Å². The van der Waals surface area contributed by atoms with Gasteiger partial charge in [0.05, 0.1) is 0 Å². The van der Waals surface area contributed by atoms with Crippen LogP contribution >= 0.6 is 0 Å². The highest BCUT2D eigenvalue weighted by Crippen LogP contribution is 2.10. The predicted molar refractivity (Wildman–Crippen MR) is 65.7 cm³/mol. The quantitative estimate of drug-likeness (QED) is 0.778. The maximum Gasteiger partial charge on any atom is 0.123 e. The summed E-state index contributed by atoms with van der Waals surface area (Å²) < 4.78 is 12.5. The Hall–Kier alpha value is -1.05. The number of halogens is 1. The average Bonchev–Trinajstić information content (AvgIpc) is 2.22. The lowest BCUT2D eigenvalue weighted by atomic mass is 10.2. The SMILES string of the molecule is CCC.CCC(C)Nc1ccc(F)cc1. The van der Waals surface area contributed by atoms with Gasteiger partial charge >= 0.3 is 0 Å². The van der Waals surface area contributed by atoms with Crippen molar-refractivity contribution in [3.05, 3.63) is 30.1 Å². The van der Waals surface area contributed by atoms with Crippen molar-refractivity contribution in [2.45, 2.75) is 46.6 Å². The van der Waals surface area contributed by atoms with Gasteiger partial charge in [0.1, 0.15) is 5.82 Å². The fourth-order valence-electron chi connectivity index (χ4n) is 0.933. The third kappa shape index (κ3) is 6.95. The Kier molecular flexibility index (Phi) is 7.69. The van der Waals surface area contributed by atoms with E-state index in [0.29, 0.717) is 6.04 Å². The number of anilines is 1. The molecule has 1 rings (SSSR count). The molecule has 0 saturated heterocycles. The zero-order valence-corrected chi connectivity index (χ0v) is 10.2. The topological polar surface area (TPSA) is 12.0 Å². The van der Waals surface area contributed by atoms with Crippen molar-refractivity contribution in [3.8, 4) is 0 Å². The minimum atomic E-state index is -0.190. The van der Waals surface area contributed by atoms with Gasteiger partial charge in [0.15, 0.2) is 0 Å². The molecule has 15 heavy (non-hydrogen) atoms. The molecule has 86 valence electrons. The molecular formula is C13H22FN. The fraction of sp³-hybridized carbons (Fsp3) is 0.538. The van der Waals surface area contributed by atoms with Crippen LogP contribution in [0.15, 0.2) is 24.3 Å². The molecule has 0 spiro atoms. The summed E-state index contributed by atoms with van der Waals surface area (Å²) in [7, 11) is 0. The van der Waals surface area contributed by atoms with E-state index < -0.39 is 0 Å². The molecule has 0 saturated carbocycles. The first-order chi connectivity index (χ1) is 7.13. The Bertz CT molecular complexity index is 243. The smallest absolute Gasteiger partial charge is 0.123 e. The van der Waals surface area contributed by atoms with E-state index in [0.717, 1.165) is 12.1 Å². The molecule has 0 heterocycles. The van der Waals surface area contributed by atoms with Crippen LogP contribution in [0.2, 0.25) is 0 Å². The third-order valence-corrected chi connectivity index (χ3v) is 1.87. The summed E-state index contributed by atoms with van der Waals surface area (Å²) in [6.45, 7) is 8.46.